The molecule has 0 amide bonds. The van der Waals surface area contributed by atoms with Gasteiger partial charge in [0.15, 0.2) is 0 Å². The Bertz CT molecular complexity index is 282. The smallest absolute Gasteiger partial charge is 0.0698 e. The predicted molar refractivity (Wildman–Crippen MR) is 51.8 cm³/mol. The molecule has 1 aliphatic rings. The highest BCUT2D eigenvalue weighted by Gasteiger charge is 2.12. The molecule has 1 aromatic rings. The average Bonchev–Trinajstić information content (AvgIpc) is 2.57. The molecule has 1 saturated heterocycles. The Kier molecular flexibility index (Phi) is 2.47. The third-order valence-electron chi connectivity index (χ3n) is 2.14. The molecular formula is C10H14N2O. The van der Waals surface area contributed by atoms with E-state index in [4.69, 9.17) is 10.6 Å². The Labute approximate surface area is 78.1 Å². The number of rotatable bonds is 2. The van der Waals surface area contributed by atoms with E-state index in [1.165, 1.54) is 5.56 Å². The molecular weight excluding hydrogens is 164 g/mol. The number of nitrogens with two attached hydrogens (primary N) is 1. The molecule has 0 atom stereocenters. The van der Waals surface area contributed by atoms with Crippen molar-refractivity contribution in [2.45, 2.75) is 13.0 Å². The average molecular weight is 178 g/mol. The Morgan fingerprint density at radius 3 is 3.08 bits per heavy atom. The molecule has 0 bridgehead atoms. The van der Waals surface area contributed by atoms with E-state index in [-0.39, 0.29) is 0 Å². The second-order valence-electron chi connectivity index (χ2n) is 3.30. The van der Waals surface area contributed by atoms with Gasteiger partial charge in [-0.3, -0.25) is 4.84 Å². The Balaban J connectivity index is 2.00. The quantitative estimate of drug-likeness (QED) is 0.696. The van der Waals surface area contributed by atoms with Gasteiger partial charge in [-0.05, 0) is 24.1 Å². The van der Waals surface area contributed by atoms with E-state index in [1.54, 1.807) is 0 Å². The van der Waals surface area contributed by atoms with Crippen molar-refractivity contribution in [3.8, 4) is 0 Å². The van der Waals surface area contributed by atoms with Gasteiger partial charge in [0.05, 0.1) is 6.61 Å². The van der Waals surface area contributed by atoms with E-state index < -0.39 is 0 Å². The van der Waals surface area contributed by atoms with Gasteiger partial charge in [0, 0.05) is 18.8 Å². The van der Waals surface area contributed by atoms with E-state index in [9.17, 15) is 0 Å². The molecule has 70 valence electrons. The summed E-state index contributed by atoms with van der Waals surface area (Å²) < 4.78 is 0. The van der Waals surface area contributed by atoms with Crippen molar-refractivity contribution in [2.24, 2.45) is 0 Å². The van der Waals surface area contributed by atoms with Gasteiger partial charge in [-0.25, -0.2) is 0 Å². The number of anilines is 1. The first-order chi connectivity index (χ1) is 6.34. The van der Waals surface area contributed by atoms with Gasteiger partial charge in [0.2, 0.25) is 0 Å². The van der Waals surface area contributed by atoms with Crippen molar-refractivity contribution in [3.63, 3.8) is 0 Å². The number of nitrogen functional groups attached to an aromatic ring is 1. The Hall–Kier alpha value is -1.06. The van der Waals surface area contributed by atoms with Gasteiger partial charge in [0.25, 0.3) is 0 Å². The van der Waals surface area contributed by atoms with Crippen LogP contribution in [-0.4, -0.2) is 18.2 Å². The topological polar surface area (TPSA) is 38.5 Å². The van der Waals surface area contributed by atoms with E-state index in [2.05, 4.69) is 6.07 Å². The zero-order valence-corrected chi connectivity index (χ0v) is 7.57. The summed E-state index contributed by atoms with van der Waals surface area (Å²) in [6, 6.07) is 7.93. The lowest BCUT2D eigenvalue weighted by Crippen LogP contribution is -2.16. The fourth-order valence-electron chi connectivity index (χ4n) is 1.52. The van der Waals surface area contributed by atoms with Gasteiger partial charge in [0.1, 0.15) is 0 Å². The first kappa shape index (κ1) is 8.53. The lowest BCUT2D eigenvalue weighted by Gasteiger charge is -2.13. The van der Waals surface area contributed by atoms with E-state index >= 15 is 0 Å². The van der Waals surface area contributed by atoms with E-state index in [1.807, 2.05) is 23.3 Å². The molecule has 0 spiro atoms. The highest BCUT2D eigenvalue weighted by molar-refractivity contribution is 5.40. The molecule has 3 heteroatoms. The number of hydrogen-bond acceptors (Lipinski definition) is 3. The largest absolute Gasteiger partial charge is 0.399 e. The molecule has 0 aromatic heterocycles. The molecule has 0 aliphatic carbocycles. The Morgan fingerprint density at radius 1 is 1.46 bits per heavy atom. The molecule has 13 heavy (non-hydrogen) atoms. The van der Waals surface area contributed by atoms with Crippen LogP contribution in [0.3, 0.4) is 0 Å². The van der Waals surface area contributed by atoms with Crippen molar-refractivity contribution >= 4 is 5.69 Å². The second-order valence-corrected chi connectivity index (χ2v) is 3.30. The van der Waals surface area contributed by atoms with Crippen LogP contribution in [0.1, 0.15) is 12.0 Å². The maximum absolute atomic E-state index is 5.67. The minimum atomic E-state index is 0.816. The zero-order valence-electron chi connectivity index (χ0n) is 7.57. The maximum Gasteiger partial charge on any atom is 0.0698 e. The summed E-state index contributed by atoms with van der Waals surface area (Å²) in [4.78, 5) is 5.39. The molecule has 1 heterocycles. The monoisotopic (exact) mass is 178 g/mol. The highest BCUT2D eigenvalue weighted by Crippen LogP contribution is 2.12. The molecule has 1 fully saturated rings. The summed E-state index contributed by atoms with van der Waals surface area (Å²) in [6.45, 7) is 2.71. The molecule has 3 nitrogen and oxygen atoms in total. The molecule has 2 rings (SSSR count). The third-order valence-corrected chi connectivity index (χ3v) is 2.14. The summed E-state index contributed by atoms with van der Waals surface area (Å²) in [7, 11) is 0. The van der Waals surface area contributed by atoms with Gasteiger partial charge in [-0.15, -0.1) is 0 Å². The number of nitrogens with zero attached hydrogens (tertiary/aromatic N) is 1. The molecule has 0 saturated carbocycles. The van der Waals surface area contributed by atoms with Crippen LogP contribution in [-0.2, 0) is 11.4 Å². The minimum absolute atomic E-state index is 0.816. The van der Waals surface area contributed by atoms with Gasteiger partial charge in [-0.1, -0.05) is 12.1 Å². The summed E-state index contributed by atoms with van der Waals surface area (Å²) in [6.07, 6.45) is 1.13. The molecule has 0 unspecified atom stereocenters. The van der Waals surface area contributed by atoms with Crippen LogP contribution >= 0.6 is 0 Å². The van der Waals surface area contributed by atoms with Crippen LogP contribution in [0.25, 0.3) is 0 Å². The van der Waals surface area contributed by atoms with Crippen molar-refractivity contribution in [1.29, 1.82) is 0 Å². The molecule has 1 aliphatic heterocycles. The first-order valence-corrected chi connectivity index (χ1v) is 4.57. The van der Waals surface area contributed by atoms with Crippen LogP contribution in [0.4, 0.5) is 5.69 Å². The maximum atomic E-state index is 5.67. The van der Waals surface area contributed by atoms with Crippen LogP contribution in [0.5, 0.6) is 0 Å². The fraction of sp³-hybridized carbons (Fsp3) is 0.400. The van der Waals surface area contributed by atoms with E-state index in [0.717, 1.165) is 31.8 Å². The van der Waals surface area contributed by atoms with Crippen molar-refractivity contribution in [2.75, 3.05) is 18.9 Å². The van der Waals surface area contributed by atoms with Crippen molar-refractivity contribution < 1.29 is 4.84 Å². The van der Waals surface area contributed by atoms with E-state index in [0.29, 0.717) is 0 Å². The summed E-state index contributed by atoms with van der Waals surface area (Å²) in [5, 5.41) is 1.98. The number of hydrogen-bond donors (Lipinski definition) is 1. The number of hydroxylamine groups is 2. The third kappa shape index (κ3) is 2.20. The SMILES string of the molecule is Nc1cccc(CN2CCCO2)c1. The number of benzene rings is 1. The normalized spacial score (nSPS) is 17.8. The van der Waals surface area contributed by atoms with Crippen molar-refractivity contribution in [3.05, 3.63) is 29.8 Å². The first-order valence-electron chi connectivity index (χ1n) is 4.57. The molecule has 2 N–H and O–H groups in total. The van der Waals surface area contributed by atoms with Crippen molar-refractivity contribution in [1.82, 2.24) is 5.06 Å². The lowest BCUT2D eigenvalue weighted by molar-refractivity contribution is -0.117. The van der Waals surface area contributed by atoms with Crippen LogP contribution in [0, 0.1) is 0 Å². The lowest BCUT2D eigenvalue weighted by atomic mass is 10.2. The molecule has 1 aromatic carbocycles. The fourth-order valence-corrected chi connectivity index (χ4v) is 1.52. The Morgan fingerprint density at radius 2 is 2.38 bits per heavy atom. The van der Waals surface area contributed by atoms with Gasteiger partial charge < -0.3 is 5.73 Å². The highest BCUT2D eigenvalue weighted by atomic mass is 16.7. The van der Waals surface area contributed by atoms with Crippen LogP contribution < -0.4 is 5.73 Å². The van der Waals surface area contributed by atoms with Crippen LogP contribution in [0.15, 0.2) is 24.3 Å². The zero-order chi connectivity index (χ0) is 9.10. The van der Waals surface area contributed by atoms with Gasteiger partial charge >= 0.3 is 0 Å². The summed E-state index contributed by atoms with van der Waals surface area (Å²) >= 11 is 0. The summed E-state index contributed by atoms with van der Waals surface area (Å²) in [5.41, 5.74) is 7.70. The van der Waals surface area contributed by atoms with Crippen LogP contribution in [0.2, 0.25) is 0 Å². The summed E-state index contributed by atoms with van der Waals surface area (Å²) in [5.74, 6) is 0. The molecule has 0 radical (unpaired) electrons. The predicted octanol–water partition coefficient (Wildman–Crippen LogP) is 1.41. The minimum Gasteiger partial charge on any atom is -0.399 e. The second kappa shape index (κ2) is 3.77. The van der Waals surface area contributed by atoms with Gasteiger partial charge in [-0.2, -0.15) is 5.06 Å². The standard InChI is InChI=1S/C10H14N2O/c11-10-4-1-3-9(7-10)8-12-5-2-6-13-12/h1,3-4,7H,2,5-6,8,11H2.